The highest BCUT2D eigenvalue weighted by atomic mass is 35.5. The Morgan fingerprint density at radius 1 is 1.36 bits per heavy atom. The predicted molar refractivity (Wildman–Crippen MR) is 106 cm³/mol. The van der Waals surface area contributed by atoms with E-state index < -0.39 is 17.5 Å². The third kappa shape index (κ3) is 4.01. The average Bonchev–Trinajstić information content (AvgIpc) is 2.91. The van der Waals surface area contributed by atoms with Crippen molar-refractivity contribution in [2.24, 2.45) is 0 Å². The standard InChI is InChI=1S/C19H25ClN4O4/c1-12-11-23(16(25)6-7-19(2)17(26)21-18(27)22-19)8-9-24(12)14-10-13(20)4-5-15(14)28-3/h4-5,10,12H,6-9,11H2,1-3H3,(H2,21,22,26,27)/t12-,19+/m0/s1. The van der Waals surface area contributed by atoms with Crippen LogP contribution in [0.3, 0.4) is 0 Å². The Balaban J connectivity index is 1.61. The maximum Gasteiger partial charge on any atom is 0.322 e. The summed E-state index contributed by atoms with van der Waals surface area (Å²) in [5.41, 5.74) is -0.124. The van der Waals surface area contributed by atoms with Crippen molar-refractivity contribution in [2.75, 3.05) is 31.6 Å². The van der Waals surface area contributed by atoms with Crippen LogP contribution < -0.4 is 20.3 Å². The van der Waals surface area contributed by atoms with Gasteiger partial charge in [-0.2, -0.15) is 0 Å². The van der Waals surface area contributed by atoms with Gasteiger partial charge < -0.3 is 19.9 Å². The molecular weight excluding hydrogens is 384 g/mol. The molecule has 3 rings (SSSR count). The molecule has 2 heterocycles. The summed E-state index contributed by atoms with van der Waals surface area (Å²) in [5, 5.41) is 5.43. The SMILES string of the molecule is COc1ccc(Cl)cc1N1CCN(C(=O)CC[C@@]2(C)NC(=O)NC2=O)C[C@@H]1C. The molecule has 0 aliphatic carbocycles. The van der Waals surface area contributed by atoms with Crippen molar-refractivity contribution in [3.63, 3.8) is 0 Å². The highest BCUT2D eigenvalue weighted by Crippen LogP contribution is 2.33. The third-order valence-electron chi connectivity index (χ3n) is 5.39. The van der Waals surface area contributed by atoms with Gasteiger partial charge in [-0.1, -0.05) is 11.6 Å². The number of benzene rings is 1. The minimum absolute atomic E-state index is 0.0280. The van der Waals surface area contributed by atoms with Crippen LogP contribution in [0.2, 0.25) is 5.02 Å². The van der Waals surface area contributed by atoms with Crippen LogP contribution >= 0.6 is 11.6 Å². The number of urea groups is 1. The molecule has 2 N–H and O–H groups in total. The minimum atomic E-state index is -1.03. The number of halogens is 1. The Hall–Kier alpha value is -2.48. The van der Waals surface area contributed by atoms with Crippen LogP contribution in [0.4, 0.5) is 10.5 Å². The van der Waals surface area contributed by atoms with Crippen molar-refractivity contribution in [1.82, 2.24) is 15.5 Å². The van der Waals surface area contributed by atoms with Crippen LogP contribution in [0.25, 0.3) is 0 Å². The normalized spacial score (nSPS) is 24.8. The van der Waals surface area contributed by atoms with Crippen molar-refractivity contribution in [3.8, 4) is 5.75 Å². The van der Waals surface area contributed by atoms with E-state index in [1.165, 1.54) is 0 Å². The number of nitrogens with zero attached hydrogens (tertiary/aromatic N) is 2. The number of carbonyl (C=O) groups is 3. The molecule has 2 atom stereocenters. The average molecular weight is 409 g/mol. The minimum Gasteiger partial charge on any atom is -0.495 e. The number of hydrogen-bond donors (Lipinski definition) is 2. The van der Waals surface area contributed by atoms with Crippen LogP contribution in [0.5, 0.6) is 5.75 Å². The number of ether oxygens (including phenoxy) is 1. The number of piperazine rings is 1. The van der Waals surface area contributed by atoms with Crippen LogP contribution in [-0.4, -0.2) is 61.1 Å². The zero-order chi connectivity index (χ0) is 20.5. The Kier molecular flexibility index (Phi) is 5.69. The molecule has 0 unspecified atom stereocenters. The second-order valence-electron chi connectivity index (χ2n) is 7.44. The van der Waals surface area contributed by atoms with E-state index in [-0.39, 0.29) is 24.8 Å². The van der Waals surface area contributed by atoms with E-state index in [1.54, 1.807) is 25.0 Å². The number of nitrogens with one attached hydrogen (secondary N) is 2. The summed E-state index contributed by atoms with van der Waals surface area (Å²) in [4.78, 5) is 39.9. The molecule has 1 aromatic carbocycles. The Bertz CT molecular complexity index is 802. The van der Waals surface area contributed by atoms with Gasteiger partial charge in [0.25, 0.3) is 5.91 Å². The van der Waals surface area contributed by atoms with Crippen LogP contribution in [-0.2, 0) is 9.59 Å². The molecule has 4 amide bonds. The lowest BCUT2D eigenvalue weighted by Gasteiger charge is -2.42. The summed E-state index contributed by atoms with van der Waals surface area (Å²) < 4.78 is 5.45. The maximum atomic E-state index is 12.7. The summed E-state index contributed by atoms with van der Waals surface area (Å²) in [7, 11) is 1.62. The lowest BCUT2D eigenvalue weighted by molar-refractivity contribution is -0.132. The highest BCUT2D eigenvalue weighted by Gasteiger charge is 2.42. The van der Waals surface area contributed by atoms with Crippen LogP contribution in [0, 0.1) is 0 Å². The van der Waals surface area contributed by atoms with E-state index in [2.05, 4.69) is 15.5 Å². The monoisotopic (exact) mass is 408 g/mol. The lowest BCUT2D eigenvalue weighted by Crippen LogP contribution is -2.54. The molecular formula is C19H25ClN4O4. The zero-order valence-electron chi connectivity index (χ0n) is 16.3. The smallest absolute Gasteiger partial charge is 0.322 e. The molecule has 0 saturated carbocycles. The van der Waals surface area contributed by atoms with E-state index >= 15 is 0 Å². The summed E-state index contributed by atoms with van der Waals surface area (Å²) >= 11 is 6.15. The number of methoxy groups -OCH3 is 1. The Morgan fingerprint density at radius 3 is 2.71 bits per heavy atom. The summed E-state index contributed by atoms with van der Waals surface area (Å²) in [6.07, 6.45) is 0.456. The molecule has 2 aliphatic heterocycles. The maximum absolute atomic E-state index is 12.7. The third-order valence-corrected chi connectivity index (χ3v) is 5.62. The van der Waals surface area contributed by atoms with Gasteiger partial charge in [0.05, 0.1) is 12.8 Å². The van der Waals surface area contributed by atoms with E-state index in [4.69, 9.17) is 16.3 Å². The van der Waals surface area contributed by atoms with Gasteiger partial charge in [0.2, 0.25) is 5.91 Å². The van der Waals surface area contributed by atoms with E-state index in [0.717, 1.165) is 11.4 Å². The van der Waals surface area contributed by atoms with Gasteiger partial charge in [0.1, 0.15) is 11.3 Å². The van der Waals surface area contributed by atoms with Crippen molar-refractivity contribution >= 4 is 35.1 Å². The molecule has 0 radical (unpaired) electrons. The van der Waals surface area contributed by atoms with Gasteiger partial charge in [-0.25, -0.2) is 4.79 Å². The number of anilines is 1. The van der Waals surface area contributed by atoms with Crippen molar-refractivity contribution < 1.29 is 19.1 Å². The molecule has 28 heavy (non-hydrogen) atoms. The molecule has 0 spiro atoms. The Morgan fingerprint density at radius 2 is 2.11 bits per heavy atom. The van der Waals surface area contributed by atoms with Gasteiger partial charge in [0.15, 0.2) is 0 Å². The van der Waals surface area contributed by atoms with Crippen molar-refractivity contribution in [2.45, 2.75) is 38.3 Å². The molecule has 152 valence electrons. The predicted octanol–water partition coefficient (Wildman–Crippen LogP) is 1.76. The van der Waals surface area contributed by atoms with Gasteiger partial charge in [-0.15, -0.1) is 0 Å². The van der Waals surface area contributed by atoms with Crippen molar-refractivity contribution in [1.29, 1.82) is 0 Å². The first kappa shape index (κ1) is 20.3. The largest absolute Gasteiger partial charge is 0.495 e. The molecule has 9 heteroatoms. The number of carbonyl (C=O) groups excluding carboxylic acids is 3. The summed E-state index contributed by atoms with van der Waals surface area (Å²) in [5.74, 6) is 0.322. The Labute approximate surface area is 169 Å². The summed E-state index contributed by atoms with van der Waals surface area (Å²) in [6, 6.07) is 5.06. The molecule has 2 fully saturated rings. The second kappa shape index (κ2) is 7.87. The number of rotatable bonds is 5. The van der Waals surface area contributed by atoms with E-state index in [1.807, 2.05) is 19.1 Å². The van der Waals surface area contributed by atoms with Gasteiger partial charge in [-0.3, -0.25) is 14.9 Å². The topological polar surface area (TPSA) is 91.0 Å². The fourth-order valence-electron chi connectivity index (χ4n) is 3.70. The van der Waals surface area contributed by atoms with Gasteiger partial charge >= 0.3 is 6.03 Å². The van der Waals surface area contributed by atoms with Crippen LogP contribution in [0.15, 0.2) is 18.2 Å². The molecule has 1 aromatic rings. The first-order chi connectivity index (χ1) is 13.2. The molecule has 2 aliphatic rings. The number of hydrogen-bond acceptors (Lipinski definition) is 5. The second-order valence-corrected chi connectivity index (χ2v) is 7.88. The zero-order valence-corrected chi connectivity index (χ0v) is 17.0. The molecule has 0 aromatic heterocycles. The van der Waals surface area contributed by atoms with Gasteiger partial charge in [0, 0.05) is 37.1 Å². The lowest BCUT2D eigenvalue weighted by atomic mass is 9.95. The van der Waals surface area contributed by atoms with Crippen molar-refractivity contribution in [3.05, 3.63) is 23.2 Å². The fraction of sp³-hybridized carbons (Fsp3) is 0.526. The molecule has 8 nitrogen and oxygen atoms in total. The molecule has 2 saturated heterocycles. The number of amides is 4. The van der Waals surface area contributed by atoms with Gasteiger partial charge in [-0.05, 0) is 38.5 Å². The fourth-order valence-corrected chi connectivity index (χ4v) is 3.87. The van der Waals surface area contributed by atoms with E-state index in [9.17, 15) is 14.4 Å². The summed E-state index contributed by atoms with van der Waals surface area (Å²) in [6.45, 7) is 5.45. The quantitative estimate of drug-likeness (QED) is 0.724. The first-order valence-electron chi connectivity index (χ1n) is 9.25. The van der Waals surface area contributed by atoms with E-state index in [0.29, 0.717) is 24.7 Å². The van der Waals surface area contributed by atoms with Crippen LogP contribution in [0.1, 0.15) is 26.7 Å². The highest BCUT2D eigenvalue weighted by molar-refractivity contribution is 6.31. The molecule has 0 bridgehead atoms. The number of imide groups is 1. The first-order valence-corrected chi connectivity index (χ1v) is 9.63.